The Bertz CT molecular complexity index is 522. The summed E-state index contributed by atoms with van der Waals surface area (Å²) in [4.78, 5) is 11.8. The van der Waals surface area contributed by atoms with Crippen LogP contribution in [-0.2, 0) is 11.3 Å². The standard InChI is InChI=1S/C12H14N2O3/c1-8-5-11(15)14(12(16)10(8)6-13)7-9-3-2-4-17-9/h5,9,16H,2-4,7H2,1H3. The molecule has 0 spiro atoms. The first-order valence-electron chi connectivity index (χ1n) is 5.58. The summed E-state index contributed by atoms with van der Waals surface area (Å²) in [5.74, 6) is -0.256. The Morgan fingerprint density at radius 2 is 2.47 bits per heavy atom. The fourth-order valence-corrected chi connectivity index (χ4v) is 2.06. The van der Waals surface area contributed by atoms with Crippen molar-refractivity contribution in [2.75, 3.05) is 6.61 Å². The minimum Gasteiger partial charge on any atom is -0.493 e. The van der Waals surface area contributed by atoms with Gasteiger partial charge in [0, 0.05) is 12.7 Å². The maximum Gasteiger partial charge on any atom is 0.253 e. The number of pyridine rings is 1. The van der Waals surface area contributed by atoms with Gasteiger partial charge in [-0.15, -0.1) is 0 Å². The SMILES string of the molecule is Cc1cc(=O)n(CC2CCCO2)c(O)c1C#N. The summed E-state index contributed by atoms with van der Waals surface area (Å²) in [7, 11) is 0. The summed E-state index contributed by atoms with van der Waals surface area (Å²) in [5, 5.41) is 18.8. The van der Waals surface area contributed by atoms with Crippen LogP contribution >= 0.6 is 0 Å². The second-order valence-corrected chi connectivity index (χ2v) is 4.22. The van der Waals surface area contributed by atoms with Gasteiger partial charge in [-0.25, -0.2) is 0 Å². The number of aryl methyl sites for hydroxylation is 1. The zero-order valence-corrected chi connectivity index (χ0v) is 9.64. The molecule has 0 bridgehead atoms. The first kappa shape index (κ1) is 11.7. The molecule has 1 saturated heterocycles. The van der Waals surface area contributed by atoms with Crippen LogP contribution in [0.3, 0.4) is 0 Å². The molecule has 1 atom stereocenters. The van der Waals surface area contributed by atoms with Crippen molar-refractivity contribution in [1.29, 1.82) is 5.26 Å². The molecular formula is C12H14N2O3. The van der Waals surface area contributed by atoms with Gasteiger partial charge in [0.2, 0.25) is 5.88 Å². The van der Waals surface area contributed by atoms with E-state index in [1.54, 1.807) is 6.92 Å². The number of hydrogen-bond donors (Lipinski definition) is 1. The monoisotopic (exact) mass is 234 g/mol. The van der Waals surface area contributed by atoms with Gasteiger partial charge in [-0.3, -0.25) is 9.36 Å². The molecule has 2 heterocycles. The van der Waals surface area contributed by atoms with E-state index in [9.17, 15) is 9.90 Å². The molecule has 1 N–H and O–H groups in total. The van der Waals surface area contributed by atoms with Crippen LogP contribution in [0.25, 0.3) is 0 Å². The Morgan fingerprint density at radius 1 is 1.71 bits per heavy atom. The first-order valence-corrected chi connectivity index (χ1v) is 5.58. The van der Waals surface area contributed by atoms with E-state index in [4.69, 9.17) is 10.00 Å². The molecule has 17 heavy (non-hydrogen) atoms. The zero-order chi connectivity index (χ0) is 12.4. The number of nitrogens with zero attached hydrogens (tertiary/aromatic N) is 2. The van der Waals surface area contributed by atoms with Gasteiger partial charge in [0.1, 0.15) is 11.6 Å². The lowest BCUT2D eigenvalue weighted by molar-refractivity contribution is 0.0938. The minimum absolute atomic E-state index is 0.0483. The summed E-state index contributed by atoms with van der Waals surface area (Å²) in [6.45, 7) is 2.63. The van der Waals surface area contributed by atoms with Gasteiger partial charge >= 0.3 is 0 Å². The number of nitriles is 1. The molecule has 0 radical (unpaired) electrons. The summed E-state index contributed by atoms with van der Waals surface area (Å²) in [6.07, 6.45) is 1.80. The van der Waals surface area contributed by atoms with Crippen molar-refractivity contribution in [2.45, 2.75) is 32.4 Å². The van der Waals surface area contributed by atoms with Crippen LogP contribution in [0.5, 0.6) is 5.88 Å². The summed E-state index contributed by atoms with van der Waals surface area (Å²) < 4.78 is 6.63. The van der Waals surface area contributed by atoms with Crippen LogP contribution in [0, 0.1) is 18.3 Å². The van der Waals surface area contributed by atoms with E-state index in [0.717, 1.165) is 12.8 Å². The second kappa shape index (κ2) is 4.60. The first-order chi connectivity index (χ1) is 8.13. The number of rotatable bonds is 2. The third-order valence-corrected chi connectivity index (χ3v) is 3.00. The predicted octanol–water partition coefficient (Wildman–Crippen LogP) is 0.913. The van der Waals surface area contributed by atoms with Gasteiger partial charge in [0.15, 0.2) is 0 Å². The van der Waals surface area contributed by atoms with E-state index in [-0.39, 0.29) is 23.1 Å². The lowest BCUT2D eigenvalue weighted by Crippen LogP contribution is -2.26. The van der Waals surface area contributed by atoms with Crippen molar-refractivity contribution in [3.63, 3.8) is 0 Å². The van der Waals surface area contributed by atoms with Gasteiger partial charge in [-0.2, -0.15) is 5.26 Å². The quantitative estimate of drug-likeness (QED) is 0.825. The van der Waals surface area contributed by atoms with E-state index in [1.165, 1.54) is 10.6 Å². The van der Waals surface area contributed by atoms with Crippen LogP contribution < -0.4 is 5.56 Å². The molecule has 90 valence electrons. The summed E-state index contributed by atoms with van der Waals surface area (Å²) >= 11 is 0. The van der Waals surface area contributed by atoms with Crippen molar-refractivity contribution in [3.05, 3.63) is 27.5 Å². The highest BCUT2D eigenvalue weighted by molar-refractivity contribution is 5.43. The fraction of sp³-hybridized carbons (Fsp3) is 0.500. The van der Waals surface area contributed by atoms with E-state index in [2.05, 4.69) is 0 Å². The van der Waals surface area contributed by atoms with Crippen molar-refractivity contribution >= 4 is 0 Å². The molecule has 5 heteroatoms. The average molecular weight is 234 g/mol. The molecule has 0 saturated carbocycles. The minimum atomic E-state index is -0.297. The molecule has 1 aliphatic rings. The van der Waals surface area contributed by atoms with Crippen LogP contribution in [0.4, 0.5) is 0 Å². The van der Waals surface area contributed by atoms with Crippen molar-refractivity contribution in [1.82, 2.24) is 4.57 Å². The predicted molar refractivity (Wildman–Crippen MR) is 60.8 cm³/mol. The molecule has 0 aliphatic carbocycles. The lowest BCUT2D eigenvalue weighted by Gasteiger charge is -2.14. The number of aromatic hydroxyl groups is 1. The van der Waals surface area contributed by atoms with Gasteiger partial charge in [0.25, 0.3) is 5.56 Å². The fourth-order valence-electron chi connectivity index (χ4n) is 2.06. The Hall–Kier alpha value is -1.80. The largest absolute Gasteiger partial charge is 0.493 e. The molecule has 0 amide bonds. The molecule has 5 nitrogen and oxygen atoms in total. The van der Waals surface area contributed by atoms with E-state index < -0.39 is 0 Å². The van der Waals surface area contributed by atoms with Gasteiger partial charge in [-0.1, -0.05) is 0 Å². The topological polar surface area (TPSA) is 75.2 Å². The molecule has 1 aromatic heterocycles. The Balaban J connectivity index is 2.39. The van der Waals surface area contributed by atoms with Crippen molar-refractivity contribution < 1.29 is 9.84 Å². The summed E-state index contributed by atoms with van der Waals surface area (Å²) in [6, 6.07) is 3.27. The third kappa shape index (κ3) is 2.17. The van der Waals surface area contributed by atoms with Gasteiger partial charge in [-0.05, 0) is 25.3 Å². The van der Waals surface area contributed by atoms with Crippen molar-refractivity contribution in [2.24, 2.45) is 0 Å². The highest BCUT2D eigenvalue weighted by Crippen LogP contribution is 2.20. The molecule has 1 aromatic rings. The maximum absolute atomic E-state index is 11.8. The van der Waals surface area contributed by atoms with Crippen LogP contribution in [0.1, 0.15) is 24.0 Å². The normalized spacial score (nSPS) is 19.2. The van der Waals surface area contributed by atoms with E-state index in [0.29, 0.717) is 18.7 Å². The Labute approximate surface area is 98.9 Å². The molecule has 1 aliphatic heterocycles. The van der Waals surface area contributed by atoms with E-state index >= 15 is 0 Å². The Kier molecular flexibility index (Phi) is 3.16. The number of ether oxygens (including phenoxy) is 1. The smallest absolute Gasteiger partial charge is 0.253 e. The third-order valence-electron chi connectivity index (χ3n) is 3.00. The van der Waals surface area contributed by atoms with Crippen LogP contribution in [-0.4, -0.2) is 22.4 Å². The Morgan fingerprint density at radius 3 is 3.06 bits per heavy atom. The number of aromatic nitrogens is 1. The van der Waals surface area contributed by atoms with E-state index in [1.807, 2.05) is 6.07 Å². The summed E-state index contributed by atoms with van der Waals surface area (Å²) in [5.41, 5.74) is 0.357. The van der Waals surface area contributed by atoms with Crippen LogP contribution in [0.2, 0.25) is 0 Å². The van der Waals surface area contributed by atoms with Crippen LogP contribution in [0.15, 0.2) is 10.9 Å². The average Bonchev–Trinajstić information content (AvgIpc) is 2.77. The highest BCUT2D eigenvalue weighted by atomic mass is 16.5. The molecule has 1 fully saturated rings. The number of hydrogen-bond acceptors (Lipinski definition) is 4. The second-order valence-electron chi connectivity index (χ2n) is 4.22. The maximum atomic E-state index is 11.8. The van der Waals surface area contributed by atoms with Gasteiger partial charge < -0.3 is 9.84 Å². The highest BCUT2D eigenvalue weighted by Gasteiger charge is 2.20. The molecule has 2 rings (SSSR count). The van der Waals surface area contributed by atoms with Crippen molar-refractivity contribution in [3.8, 4) is 11.9 Å². The van der Waals surface area contributed by atoms with Gasteiger partial charge in [0.05, 0.1) is 12.6 Å². The lowest BCUT2D eigenvalue weighted by atomic mass is 10.1. The molecule has 0 aromatic carbocycles. The molecule has 1 unspecified atom stereocenters. The molecular weight excluding hydrogens is 220 g/mol. The zero-order valence-electron chi connectivity index (χ0n) is 9.64.